The molecule has 0 aliphatic carbocycles. The van der Waals surface area contributed by atoms with Gasteiger partial charge in [0.15, 0.2) is 5.75 Å². The Morgan fingerprint density at radius 2 is 2.15 bits per heavy atom. The Hall–Kier alpha value is -1.08. The molecule has 5 nitrogen and oxygen atoms in total. The van der Waals surface area contributed by atoms with Crippen molar-refractivity contribution in [3.8, 4) is 5.75 Å². The fourth-order valence-electron chi connectivity index (χ4n) is 2.08. The van der Waals surface area contributed by atoms with E-state index in [0.717, 1.165) is 36.0 Å². The van der Waals surface area contributed by atoms with Gasteiger partial charge in [-0.15, -0.1) is 11.3 Å². The van der Waals surface area contributed by atoms with Crippen molar-refractivity contribution in [1.29, 1.82) is 0 Å². The summed E-state index contributed by atoms with van der Waals surface area (Å²) in [5.41, 5.74) is 6.54. The van der Waals surface area contributed by atoms with Gasteiger partial charge in [-0.2, -0.15) is 11.8 Å². The number of thioether (sulfide) groups is 1. The first kappa shape index (κ1) is 15.3. The molecular formula is C13H21N3O2S2. The number of carbonyl (C=O) groups excluding carboxylic acids is 1. The van der Waals surface area contributed by atoms with Crippen LogP contribution in [0.3, 0.4) is 0 Å². The molecule has 1 aromatic rings. The number of thiophene rings is 1. The summed E-state index contributed by atoms with van der Waals surface area (Å²) < 4.78 is 5.42. The smallest absolute Gasteiger partial charge is 0.263 e. The van der Waals surface area contributed by atoms with Crippen LogP contribution < -0.4 is 20.7 Å². The molecule has 0 saturated carbocycles. The van der Waals surface area contributed by atoms with Crippen LogP contribution in [0, 0.1) is 0 Å². The summed E-state index contributed by atoms with van der Waals surface area (Å²) in [5.74, 6) is 2.73. The third kappa shape index (κ3) is 3.15. The van der Waals surface area contributed by atoms with Crippen LogP contribution in [0.25, 0.3) is 0 Å². The predicted molar refractivity (Wildman–Crippen MR) is 87.4 cm³/mol. The maximum absolute atomic E-state index is 12.1. The van der Waals surface area contributed by atoms with Crippen molar-refractivity contribution < 1.29 is 9.53 Å². The number of nitrogen functional groups attached to an aromatic ring is 1. The third-order valence-electron chi connectivity index (χ3n) is 3.13. The lowest BCUT2D eigenvalue weighted by Crippen LogP contribution is -2.32. The van der Waals surface area contributed by atoms with Gasteiger partial charge in [0.25, 0.3) is 5.91 Å². The molecule has 1 aliphatic rings. The van der Waals surface area contributed by atoms with E-state index in [-0.39, 0.29) is 5.91 Å². The number of carbonyl (C=O) groups is 1. The highest BCUT2D eigenvalue weighted by atomic mass is 32.2. The highest BCUT2D eigenvalue weighted by Gasteiger charge is 2.25. The number of nitrogens with one attached hydrogen (secondary N) is 1. The van der Waals surface area contributed by atoms with Gasteiger partial charge in [-0.1, -0.05) is 6.92 Å². The van der Waals surface area contributed by atoms with E-state index in [2.05, 4.69) is 10.2 Å². The zero-order valence-corrected chi connectivity index (χ0v) is 13.5. The number of nitrogens with zero attached hydrogens (tertiary/aromatic N) is 1. The lowest BCUT2D eigenvalue weighted by Gasteiger charge is -2.27. The van der Waals surface area contributed by atoms with Crippen molar-refractivity contribution in [3.63, 3.8) is 0 Å². The number of methoxy groups -OCH3 is 1. The quantitative estimate of drug-likeness (QED) is 0.870. The van der Waals surface area contributed by atoms with Crippen LogP contribution >= 0.6 is 23.1 Å². The van der Waals surface area contributed by atoms with Gasteiger partial charge in [-0.05, 0) is 6.42 Å². The summed E-state index contributed by atoms with van der Waals surface area (Å²) in [6.45, 7) is 4.62. The Morgan fingerprint density at radius 1 is 1.45 bits per heavy atom. The van der Waals surface area contributed by atoms with E-state index in [0.29, 0.717) is 22.9 Å². The number of hydrogen-bond donors (Lipinski definition) is 2. The second-order valence-corrected chi connectivity index (χ2v) is 6.76. The average molecular weight is 315 g/mol. The van der Waals surface area contributed by atoms with Crippen LogP contribution in [0.5, 0.6) is 5.75 Å². The summed E-state index contributed by atoms with van der Waals surface area (Å²) in [6.07, 6.45) is 0.907. The number of nitrogens with two attached hydrogens (primary N) is 1. The van der Waals surface area contributed by atoms with Crippen molar-refractivity contribution in [2.24, 2.45) is 0 Å². The van der Waals surface area contributed by atoms with Gasteiger partial charge in [0.1, 0.15) is 15.6 Å². The highest BCUT2D eigenvalue weighted by molar-refractivity contribution is 7.99. The van der Waals surface area contributed by atoms with Crippen LogP contribution in [0.2, 0.25) is 0 Å². The van der Waals surface area contributed by atoms with Crippen LogP contribution in [0.4, 0.5) is 10.7 Å². The van der Waals surface area contributed by atoms with Crippen LogP contribution in [-0.2, 0) is 0 Å². The van der Waals surface area contributed by atoms with Crippen molar-refractivity contribution in [2.75, 3.05) is 48.9 Å². The zero-order chi connectivity index (χ0) is 14.5. The van der Waals surface area contributed by atoms with E-state index in [1.54, 1.807) is 7.11 Å². The molecule has 2 heterocycles. The van der Waals surface area contributed by atoms with Crippen LogP contribution in [0.1, 0.15) is 23.0 Å². The van der Waals surface area contributed by atoms with E-state index in [1.165, 1.54) is 11.3 Å². The molecule has 0 spiro atoms. The van der Waals surface area contributed by atoms with Gasteiger partial charge >= 0.3 is 0 Å². The largest absolute Gasteiger partial charge is 0.492 e. The van der Waals surface area contributed by atoms with Gasteiger partial charge in [0.05, 0.1) is 7.11 Å². The highest BCUT2D eigenvalue weighted by Crippen LogP contribution is 2.45. The van der Waals surface area contributed by atoms with E-state index in [4.69, 9.17) is 10.5 Å². The molecular weight excluding hydrogens is 294 g/mol. The summed E-state index contributed by atoms with van der Waals surface area (Å²) in [6, 6.07) is 0. The number of hydrogen-bond acceptors (Lipinski definition) is 6. The Balaban J connectivity index is 2.25. The summed E-state index contributed by atoms with van der Waals surface area (Å²) in [7, 11) is 1.61. The molecule has 1 aliphatic heterocycles. The van der Waals surface area contributed by atoms with Crippen LogP contribution in [-0.4, -0.2) is 44.2 Å². The second-order valence-electron chi connectivity index (χ2n) is 4.54. The van der Waals surface area contributed by atoms with Crippen LogP contribution in [0.15, 0.2) is 0 Å². The molecule has 1 fully saturated rings. The molecule has 112 valence electrons. The van der Waals surface area contributed by atoms with Gasteiger partial charge in [0.2, 0.25) is 0 Å². The van der Waals surface area contributed by atoms with Gasteiger partial charge in [-0.25, -0.2) is 0 Å². The second kappa shape index (κ2) is 7.08. The number of amides is 1. The summed E-state index contributed by atoms with van der Waals surface area (Å²) in [5, 5.41) is 3.85. The van der Waals surface area contributed by atoms with E-state index >= 15 is 0 Å². The molecule has 0 atom stereocenters. The molecule has 0 aromatic carbocycles. The van der Waals surface area contributed by atoms with Crippen molar-refractivity contribution >= 4 is 39.7 Å². The average Bonchev–Trinajstić information content (AvgIpc) is 2.82. The molecule has 1 amide bonds. The fourth-order valence-corrected chi connectivity index (χ4v) is 4.14. The maximum atomic E-state index is 12.1. The Labute approximate surface area is 127 Å². The molecule has 20 heavy (non-hydrogen) atoms. The molecule has 1 saturated heterocycles. The summed E-state index contributed by atoms with van der Waals surface area (Å²) >= 11 is 3.38. The SMILES string of the molecule is CCCNC(=O)c1sc(N2CCSCC2)c(OC)c1N. The van der Waals surface area contributed by atoms with Crippen molar-refractivity contribution in [1.82, 2.24) is 5.32 Å². The Morgan fingerprint density at radius 3 is 2.75 bits per heavy atom. The lowest BCUT2D eigenvalue weighted by molar-refractivity contribution is 0.0958. The van der Waals surface area contributed by atoms with Gasteiger partial charge in [0, 0.05) is 31.1 Å². The number of ether oxygens (including phenoxy) is 1. The first-order valence-electron chi connectivity index (χ1n) is 6.76. The normalized spacial score (nSPS) is 15.2. The van der Waals surface area contributed by atoms with Crippen molar-refractivity contribution in [3.05, 3.63) is 4.88 Å². The number of anilines is 2. The first-order valence-corrected chi connectivity index (χ1v) is 8.73. The molecule has 0 unspecified atom stereocenters. The Kier molecular flexibility index (Phi) is 5.42. The molecule has 3 N–H and O–H groups in total. The standard InChI is InChI=1S/C13H21N3O2S2/c1-3-4-15-12(17)11-9(14)10(18-2)13(20-11)16-5-7-19-8-6-16/h3-8,14H2,1-2H3,(H,15,17). The fraction of sp³-hybridized carbons (Fsp3) is 0.615. The monoisotopic (exact) mass is 315 g/mol. The third-order valence-corrected chi connectivity index (χ3v) is 5.32. The van der Waals surface area contributed by atoms with Gasteiger partial charge in [-0.3, -0.25) is 4.79 Å². The topological polar surface area (TPSA) is 67.6 Å². The zero-order valence-electron chi connectivity index (χ0n) is 11.9. The Bertz CT molecular complexity index is 470. The van der Waals surface area contributed by atoms with E-state index in [9.17, 15) is 4.79 Å². The first-order chi connectivity index (χ1) is 9.69. The molecule has 2 rings (SSSR count). The van der Waals surface area contributed by atoms with E-state index < -0.39 is 0 Å². The minimum absolute atomic E-state index is 0.106. The maximum Gasteiger partial charge on any atom is 0.263 e. The minimum Gasteiger partial charge on any atom is -0.492 e. The van der Waals surface area contributed by atoms with Crippen molar-refractivity contribution in [2.45, 2.75) is 13.3 Å². The van der Waals surface area contributed by atoms with E-state index in [1.807, 2.05) is 18.7 Å². The number of rotatable bonds is 5. The molecule has 7 heteroatoms. The summed E-state index contributed by atoms with van der Waals surface area (Å²) in [4.78, 5) is 14.9. The molecule has 0 bridgehead atoms. The molecule has 1 aromatic heterocycles. The molecule has 0 radical (unpaired) electrons. The predicted octanol–water partition coefficient (Wildman–Crippen LogP) is 2.03. The lowest BCUT2D eigenvalue weighted by atomic mass is 10.3. The minimum atomic E-state index is -0.106. The van der Waals surface area contributed by atoms with Gasteiger partial charge < -0.3 is 20.7 Å².